The summed E-state index contributed by atoms with van der Waals surface area (Å²) in [6.07, 6.45) is -6.93. The van der Waals surface area contributed by atoms with Gasteiger partial charge < -0.3 is 69.6 Å². The second kappa shape index (κ2) is 15.8. The Morgan fingerprint density at radius 2 is 1.45 bits per heavy atom. The summed E-state index contributed by atoms with van der Waals surface area (Å²) in [6.45, 7) is 9.88. The molecule has 20 atom stereocenters. The van der Waals surface area contributed by atoms with Gasteiger partial charge in [0.1, 0.15) is 36.6 Å². The minimum absolute atomic E-state index is 0.0442. The first kappa shape index (κ1) is 41.8. The molecule has 53 heavy (non-hydrogen) atoms. The number of aliphatic hydroxyl groups excluding tert-OH is 8. The molecule has 14 heteroatoms. The number of rotatable bonds is 12. The largest absolute Gasteiger partial charge is 0.394 e. The topological polar surface area (TPSA) is 228 Å². The number of ether oxygens (including phenoxy) is 5. The molecule has 306 valence electrons. The second-order valence-electron chi connectivity index (χ2n) is 18.0. The molecule has 2 aliphatic heterocycles. The fraction of sp³-hybridized carbons (Fsp3) is 0.949. The zero-order valence-electron chi connectivity index (χ0n) is 32.2. The highest BCUT2D eigenvalue weighted by atomic mass is 16.7. The van der Waals surface area contributed by atoms with Crippen LogP contribution in [0, 0.1) is 40.4 Å². The van der Waals surface area contributed by atoms with E-state index in [4.69, 9.17) is 23.7 Å². The lowest BCUT2D eigenvalue weighted by molar-refractivity contribution is -0.296. The van der Waals surface area contributed by atoms with Gasteiger partial charge >= 0.3 is 0 Å². The van der Waals surface area contributed by atoms with E-state index in [0.717, 1.165) is 30.4 Å². The second-order valence-corrected chi connectivity index (χ2v) is 18.0. The van der Waals surface area contributed by atoms with E-state index in [1.54, 1.807) is 0 Å². The van der Waals surface area contributed by atoms with E-state index in [0.29, 0.717) is 25.7 Å². The molecule has 6 fully saturated rings. The molecule has 6 rings (SSSR count). The van der Waals surface area contributed by atoms with Crippen molar-refractivity contribution in [2.45, 2.75) is 165 Å². The van der Waals surface area contributed by atoms with E-state index in [1.165, 1.54) is 7.11 Å². The van der Waals surface area contributed by atoms with E-state index in [-0.39, 0.29) is 36.2 Å². The quantitative estimate of drug-likeness (QED) is 0.123. The summed E-state index contributed by atoms with van der Waals surface area (Å²) >= 11 is 0. The molecule has 0 amide bonds. The molecular weight excluding hydrogens is 692 g/mol. The average Bonchev–Trinajstić information content (AvgIpc) is 3.68. The maximum Gasteiger partial charge on any atom is 0.187 e. The van der Waals surface area contributed by atoms with Crippen LogP contribution in [0.2, 0.25) is 0 Å². The van der Waals surface area contributed by atoms with Crippen molar-refractivity contribution in [2.24, 2.45) is 40.4 Å². The van der Waals surface area contributed by atoms with Gasteiger partial charge in [-0.05, 0) is 93.0 Å². The van der Waals surface area contributed by atoms with Gasteiger partial charge in [0, 0.05) is 25.4 Å². The standard InChI is InChI=1S/C39H66O14/c1-18(20(3)17-50-35-32(47)30(45)25(15-40)52-35)7-8-19(2)21-13-22(42)34-37(21,4)12-10-27-38(5)11-9-24(29(44)28(38)23(43)14-39(27,34)48)51-36-33(49-6)31(46)26(16-41)53-36/h19,21-36,40-48H,7-17H2,1-6H3. The third kappa shape index (κ3) is 7.09. The minimum atomic E-state index is -1.33. The van der Waals surface area contributed by atoms with Crippen molar-refractivity contribution in [1.29, 1.82) is 0 Å². The highest BCUT2D eigenvalue weighted by molar-refractivity contribution is 5.21. The van der Waals surface area contributed by atoms with Crippen LogP contribution in [0.3, 0.4) is 0 Å². The molecule has 20 unspecified atom stereocenters. The van der Waals surface area contributed by atoms with E-state index in [1.807, 2.05) is 13.8 Å². The van der Waals surface area contributed by atoms with Crippen LogP contribution in [0.4, 0.5) is 0 Å². The fourth-order valence-corrected chi connectivity index (χ4v) is 12.2. The maximum absolute atomic E-state index is 12.8. The summed E-state index contributed by atoms with van der Waals surface area (Å²) in [7, 11) is 1.42. The van der Waals surface area contributed by atoms with Crippen LogP contribution < -0.4 is 0 Å². The zero-order valence-corrected chi connectivity index (χ0v) is 32.2. The third-order valence-corrected chi connectivity index (χ3v) is 15.2. The Kier molecular flexibility index (Phi) is 12.5. The summed E-state index contributed by atoms with van der Waals surface area (Å²) in [6, 6.07) is 0. The van der Waals surface area contributed by atoms with Gasteiger partial charge in [-0.25, -0.2) is 0 Å². The molecule has 2 saturated heterocycles. The van der Waals surface area contributed by atoms with E-state index in [9.17, 15) is 46.0 Å². The van der Waals surface area contributed by atoms with Crippen LogP contribution >= 0.6 is 0 Å². The summed E-state index contributed by atoms with van der Waals surface area (Å²) in [5.74, 6) is -0.899. The number of allylic oxidation sites excluding steroid dienone is 1. The van der Waals surface area contributed by atoms with Gasteiger partial charge in [0.25, 0.3) is 0 Å². The van der Waals surface area contributed by atoms with Gasteiger partial charge in [0.2, 0.25) is 0 Å². The molecule has 0 aromatic rings. The summed E-state index contributed by atoms with van der Waals surface area (Å²) in [5, 5.41) is 97.9. The normalized spacial score (nSPS) is 52.1. The van der Waals surface area contributed by atoms with E-state index >= 15 is 0 Å². The van der Waals surface area contributed by atoms with E-state index in [2.05, 4.69) is 20.8 Å². The summed E-state index contributed by atoms with van der Waals surface area (Å²) in [4.78, 5) is 0. The Bertz CT molecular complexity index is 1300. The molecular formula is C39H66O14. The average molecular weight is 759 g/mol. The molecule has 9 N–H and O–H groups in total. The van der Waals surface area contributed by atoms with Gasteiger partial charge in [0.05, 0.1) is 49.8 Å². The van der Waals surface area contributed by atoms with Crippen molar-refractivity contribution in [1.82, 2.24) is 0 Å². The predicted molar refractivity (Wildman–Crippen MR) is 189 cm³/mol. The smallest absolute Gasteiger partial charge is 0.187 e. The first-order chi connectivity index (χ1) is 25.0. The number of hydrogen-bond acceptors (Lipinski definition) is 14. The molecule has 2 heterocycles. The molecule has 0 aromatic carbocycles. The monoisotopic (exact) mass is 758 g/mol. The number of hydrogen-bond donors (Lipinski definition) is 9. The highest BCUT2D eigenvalue weighted by Crippen LogP contribution is 2.70. The highest BCUT2D eigenvalue weighted by Gasteiger charge is 2.72. The van der Waals surface area contributed by atoms with Crippen LogP contribution in [-0.4, -0.2) is 152 Å². The van der Waals surface area contributed by atoms with Crippen LogP contribution in [0.25, 0.3) is 0 Å². The lowest BCUT2D eigenvalue weighted by Gasteiger charge is -2.66. The first-order valence-corrected chi connectivity index (χ1v) is 19.7. The van der Waals surface area contributed by atoms with Crippen LogP contribution in [0.5, 0.6) is 0 Å². The molecule has 6 aliphatic rings. The predicted octanol–water partition coefficient (Wildman–Crippen LogP) is 0.359. The van der Waals surface area contributed by atoms with Crippen LogP contribution in [0.15, 0.2) is 11.1 Å². The molecule has 0 aromatic heterocycles. The third-order valence-electron chi connectivity index (χ3n) is 15.2. The molecule has 14 nitrogen and oxygen atoms in total. The summed E-state index contributed by atoms with van der Waals surface area (Å²) < 4.78 is 28.5. The van der Waals surface area contributed by atoms with Gasteiger partial charge in [-0.15, -0.1) is 0 Å². The molecule has 0 spiro atoms. The minimum Gasteiger partial charge on any atom is -0.394 e. The first-order valence-electron chi connectivity index (χ1n) is 19.7. The van der Waals surface area contributed by atoms with Crippen molar-refractivity contribution in [2.75, 3.05) is 26.9 Å². The fourth-order valence-electron chi connectivity index (χ4n) is 12.2. The van der Waals surface area contributed by atoms with Gasteiger partial charge in [-0.2, -0.15) is 0 Å². The molecule has 0 radical (unpaired) electrons. The van der Waals surface area contributed by atoms with Crippen molar-refractivity contribution in [3.8, 4) is 0 Å². The van der Waals surface area contributed by atoms with Crippen molar-refractivity contribution in [3.63, 3.8) is 0 Å². The van der Waals surface area contributed by atoms with Crippen LogP contribution in [-0.2, 0) is 23.7 Å². The lowest BCUT2D eigenvalue weighted by atomic mass is 9.41. The zero-order chi connectivity index (χ0) is 38.8. The Morgan fingerprint density at radius 1 is 0.811 bits per heavy atom. The Hall–Kier alpha value is -0.820. The lowest BCUT2D eigenvalue weighted by Crippen LogP contribution is -2.71. The molecule has 4 aliphatic carbocycles. The Balaban J connectivity index is 1.11. The van der Waals surface area contributed by atoms with Crippen molar-refractivity contribution in [3.05, 3.63) is 11.1 Å². The number of methoxy groups -OCH3 is 1. The van der Waals surface area contributed by atoms with Crippen molar-refractivity contribution < 1.29 is 69.6 Å². The van der Waals surface area contributed by atoms with E-state index < -0.39 is 110 Å². The maximum atomic E-state index is 12.8. The van der Waals surface area contributed by atoms with Crippen LogP contribution in [0.1, 0.15) is 86.0 Å². The molecule has 4 saturated carbocycles. The van der Waals surface area contributed by atoms with Gasteiger partial charge in [-0.3, -0.25) is 0 Å². The molecule has 0 bridgehead atoms. The number of fused-ring (bicyclic) bond motifs is 5. The SMILES string of the molecule is COC1C(OC2CCC3(C)C(C(O)CC4(O)C3CCC3(C)C(C(C)CCC(C)=C(C)COC5OC(CO)C(O)C5O)CC(O)C34)C2O)OC(CO)C1O. The van der Waals surface area contributed by atoms with Gasteiger partial charge in [0.15, 0.2) is 12.6 Å². The Morgan fingerprint density at radius 3 is 2.09 bits per heavy atom. The Labute approximate surface area is 313 Å². The van der Waals surface area contributed by atoms with Crippen molar-refractivity contribution >= 4 is 0 Å². The number of aliphatic hydroxyl groups is 9. The summed E-state index contributed by atoms with van der Waals surface area (Å²) in [5.41, 5.74) is -0.185. The van der Waals surface area contributed by atoms with Gasteiger partial charge in [-0.1, -0.05) is 26.3 Å².